The largest absolute Gasteiger partial charge is 0.153 e. The van der Waals surface area contributed by atoms with Crippen molar-refractivity contribution in [3.05, 3.63) is 47.5 Å². The van der Waals surface area contributed by atoms with Crippen LogP contribution in [-0.4, -0.2) is 0 Å². The molecule has 0 fully saturated rings. The SMILES string of the molecule is CCCCc1ccc2ccccc2c1CCCC.P. The molecule has 0 heterocycles. The lowest BCUT2D eigenvalue weighted by molar-refractivity contribution is 0.762. The normalized spacial score (nSPS) is 10.4. The van der Waals surface area contributed by atoms with Crippen molar-refractivity contribution in [3.63, 3.8) is 0 Å². The van der Waals surface area contributed by atoms with Crippen LogP contribution in [0.5, 0.6) is 0 Å². The molecule has 0 radical (unpaired) electrons. The fraction of sp³-hybridized carbons (Fsp3) is 0.444. The molecule has 0 bridgehead atoms. The minimum atomic E-state index is 0. The third-order valence-electron chi connectivity index (χ3n) is 3.72. The smallest absolute Gasteiger partial charge is 0.0149 e. The summed E-state index contributed by atoms with van der Waals surface area (Å²) in [7, 11) is 0. The van der Waals surface area contributed by atoms with E-state index >= 15 is 0 Å². The number of fused-ring (bicyclic) bond motifs is 1. The molecular weight excluding hydrogens is 247 g/mol. The van der Waals surface area contributed by atoms with Crippen LogP contribution in [0.4, 0.5) is 0 Å². The van der Waals surface area contributed by atoms with Crippen molar-refractivity contribution in [2.75, 3.05) is 0 Å². The second kappa shape index (κ2) is 8.33. The Morgan fingerprint density at radius 1 is 0.789 bits per heavy atom. The first kappa shape index (κ1) is 16.2. The van der Waals surface area contributed by atoms with Crippen molar-refractivity contribution in [2.45, 2.75) is 52.4 Å². The first-order valence-corrected chi connectivity index (χ1v) is 7.36. The average molecular weight is 274 g/mol. The molecule has 2 rings (SSSR count). The van der Waals surface area contributed by atoms with E-state index in [1.807, 2.05) is 0 Å². The number of aryl methyl sites for hydroxylation is 2. The summed E-state index contributed by atoms with van der Waals surface area (Å²) in [5.41, 5.74) is 3.17. The first-order valence-electron chi connectivity index (χ1n) is 7.36. The van der Waals surface area contributed by atoms with Gasteiger partial charge in [-0.1, -0.05) is 63.1 Å². The second-order valence-corrected chi connectivity index (χ2v) is 5.13. The van der Waals surface area contributed by atoms with Gasteiger partial charge < -0.3 is 0 Å². The van der Waals surface area contributed by atoms with Gasteiger partial charge in [0.1, 0.15) is 0 Å². The lowest BCUT2D eigenvalue weighted by Crippen LogP contribution is -1.96. The van der Waals surface area contributed by atoms with E-state index in [1.54, 1.807) is 11.1 Å². The van der Waals surface area contributed by atoms with Gasteiger partial charge in [-0.25, -0.2) is 0 Å². The molecule has 2 aromatic carbocycles. The Bertz CT molecular complexity index is 502. The van der Waals surface area contributed by atoms with Crippen LogP contribution < -0.4 is 0 Å². The zero-order valence-electron chi connectivity index (χ0n) is 12.4. The molecule has 0 saturated heterocycles. The van der Waals surface area contributed by atoms with E-state index in [2.05, 4.69) is 50.2 Å². The van der Waals surface area contributed by atoms with Crippen LogP contribution in [0.15, 0.2) is 36.4 Å². The molecule has 0 nitrogen and oxygen atoms in total. The van der Waals surface area contributed by atoms with Crippen molar-refractivity contribution >= 4 is 20.7 Å². The summed E-state index contributed by atoms with van der Waals surface area (Å²) in [6.07, 6.45) is 7.62. The summed E-state index contributed by atoms with van der Waals surface area (Å²) in [6.45, 7) is 4.55. The molecule has 19 heavy (non-hydrogen) atoms. The maximum atomic E-state index is 2.35. The lowest BCUT2D eigenvalue weighted by Gasteiger charge is -2.13. The molecule has 1 heteroatoms. The topological polar surface area (TPSA) is 0 Å². The summed E-state index contributed by atoms with van der Waals surface area (Å²) in [5.74, 6) is 0. The summed E-state index contributed by atoms with van der Waals surface area (Å²) < 4.78 is 0. The number of hydrogen-bond donors (Lipinski definition) is 0. The van der Waals surface area contributed by atoms with Gasteiger partial charge in [-0.05, 0) is 47.6 Å². The van der Waals surface area contributed by atoms with E-state index in [1.165, 1.54) is 49.3 Å². The highest BCUT2D eigenvalue weighted by Gasteiger charge is 2.06. The second-order valence-electron chi connectivity index (χ2n) is 5.13. The molecule has 0 N–H and O–H groups in total. The van der Waals surface area contributed by atoms with Crippen LogP contribution in [0.1, 0.15) is 50.7 Å². The summed E-state index contributed by atoms with van der Waals surface area (Å²) in [4.78, 5) is 0. The highest BCUT2D eigenvalue weighted by molar-refractivity contribution is 6.92. The lowest BCUT2D eigenvalue weighted by atomic mass is 9.92. The van der Waals surface area contributed by atoms with Crippen LogP contribution in [-0.2, 0) is 12.8 Å². The Balaban J connectivity index is 0.00000180. The Morgan fingerprint density at radius 2 is 1.47 bits per heavy atom. The van der Waals surface area contributed by atoms with Gasteiger partial charge in [0.05, 0.1) is 0 Å². The molecule has 0 aliphatic heterocycles. The van der Waals surface area contributed by atoms with E-state index in [0.29, 0.717) is 0 Å². The van der Waals surface area contributed by atoms with Gasteiger partial charge >= 0.3 is 0 Å². The van der Waals surface area contributed by atoms with Crippen LogP contribution in [0.3, 0.4) is 0 Å². The van der Waals surface area contributed by atoms with Crippen LogP contribution >= 0.6 is 9.90 Å². The van der Waals surface area contributed by atoms with Crippen molar-refractivity contribution in [1.82, 2.24) is 0 Å². The third kappa shape index (κ3) is 4.05. The zero-order chi connectivity index (χ0) is 12.8. The fourth-order valence-electron chi connectivity index (χ4n) is 2.63. The van der Waals surface area contributed by atoms with E-state index in [4.69, 9.17) is 0 Å². The number of rotatable bonds is 6. The van der Waals surface area contributed by atoms with Crippen LogP contribution in [0.2, 0.25) is 0 Å². The minimum Gasteiger partial charge on any atom is -0.153 e. The van der Waals surface area contributed by atoms with Gasteiger partial charge in [0.25, 0.3) is 0 Å². The molecule has 0 aromatic heterocycles. The van der Waals surface area contributed by atoms with Crippen molar-refractivity contribution < 1.29 is 0 Å². The molecule has 1 unspecified atom stereocenters. The van der Waals surface area contributed by atoms with Gasteiger partial charge in [0.2, 0.25) is 0 Å². The maximum absolute atomic E-state index is 2.35. The molecular formula is C18H27P. The molecule has 0 saturated carbocycles. The zero-order valence-corrected chi connectivity index (χ0v) is 13.8. The quantitative estimate of drug-likeness (QED) is 0.603. The Kier molecular flexibility index (Phi) is 7.10. The molecule has 0 aliphatic carbocycles. The summed E-state index contributed by atoms with van der Waals surface area (Å²) in [6, 6.07) is 13.5. The van der Waals surface area contributed by atoms with Gasteiger partial charge in [-0.2, -0.15) is 9.90 Å². The number of unbranched alkanes of at least 4 members (excludes halogenated alkanes) is 2. The van der Waals surface area contributed by atoms with E-state index in [9.17, 15) is 0 Å². The standard InChI is InChI=1S/C18H24.H3P/c1-3-5-9-15-13-14-16-10-7-8-12-18(16)17(15)11-6-4-2;/h7-8,10,12-14H,3-6,9,11H2,1-2H3;1H3. The van der Waals surface area contributed by atoms with Crippen molar-refractivity contribution in [1.29, 1.82) is 0 Å². The Labute approximate surface area is 121 Å². The van der Waals surface area contributed by atoms with Gasteiger partial charge in [0, 0.05) is 0 Å². The monoisotopic (exact) mass is 274 g/mol. The third-order valence-corrected chi connectivity index (χ3v) is 3.72. The summed E-state index contributed by atoms with van der Waals surface area (Å²) >= 11 is 0. The molecule has 2 aromatic rings. The van der Waals surface area contributed by atoms with E-state index < -0.39 is 0 Å². The Hall–Kier alpha value is -0.870. The fourth-order valence-corrected chi connectivity index (χ4v) is 2.63. The van der Waals surface area contributed by atoms with Crippen LogP contribution in [0, 0.1) is 0 Å². The predicted molar refractivity (Wildman–Crippen MR) is 92.3 cm³/mol. The highest BCUT2D eigenvalue weighted by atomic mass is 31.0. The van der Waals surface area contributed by atoms with E-state index in [-0.39, 0.29) is 9.90 Å². The highest BCUT2D eigenvalue weighted by Crippen LogP contribution is 2.25. The Morgan fingerprint density at radius 3 is 2.21 bits per heavy atom. The van der Waals surface area contributed by atoms with Crippen molar-refractivity contribution in [3.8, 4) is 0 Å². The molecule has 104 valence electrons. The first-order chi connectivity index (χ1) is 8.86. The van der Waals surface area contributed by atoms with Gasteiger partial charge in [-0.3, -0.25) is 0 Å². The molecule has 0 aliphatic rings. The van der Waals surface area contributed by atoms with E-state index in [0.717, 1.165) is 0 Å². The van der Waals surface area contributed by atoms with Crippen molar-refractivity contribution in [2.24, 2.45) is 0 Å². The maximum Gasteiger partial charge on any atom is -0.0149 e. The molecule has 0 spiro atoms. The number of hydrogen-bond acceptors (Lipinski definition) is 0. The molecule has 1 atom stereocenters. The molecule has 0 amide bonds. The average Bonchev–Trinajstić information content (AvgIpc) is 2.43. The minimum absolute atomic E-state index is 0. The van der Waals surface area contributed by atoms with Gasteiger partial charge in [0.15, 0.2) is 0 Å². The van der Waals surface area contributed by atoms with Crippen LogP contribution in [0.25, 0.3) is 10.8 Å². The van der Waals surface area contributed by atoms with Gasteiger partial charge in [-0.15, -0.1) is 0 Å². The number of benzene rings is 2. The predicted octanol–water partition coefficient (Wildman–Crippen LogP) is 5.58. The summed E-state index contributed by atoms with van der Waals surface area (Å²) in [5, 5.41) is 2.86.